The van der Waals surface area contributed by atoms with Crippen LogP contribution in [0.2, 0.25) is 0 Å². The van der Waals surface area contributed by atoms with Gasteiger partial charge in [-0.3, -0.25) is 9.78 Å². The summed E-state index contributed by atoms with van der Waals surface area (Å²) >= 11 is 0. The number of aryl methyl sites for hydroxylation is 1. The van der Waals surface area contributed by atoms with E-state index in [0.29, 0.717) is 5.69 Å². The molecule has 0 bridgehead atoms. The van der Waals surface area contributed by atoms with Crippen molar-refractivity contribution in [2.75, 3.05) is 0 Å². The summed E-state index contributed by atoms with van der Waals surface area (Å²) in [4.78, 5) is 18.0. The van der Waals surface area contributed by atoms with Gasteiger partial charge in [-0.2, -0.15) is 0 Å². The zero-order valence-electron chi connectivity index (χ0n) is 7.16. The Morgan fingerprint density at radius 1 is 1.62 bits per heavy atom. The molecular formula is C9H9N3O. The Morgan fingerprint density at radius 3 is 3.08 bits per heavy atom. The lowest BCUT2D eigenvalue weighted by Crippen LogP contribution is -2.13. The van der Waals surface area contributed by atoms with Crippen LogP contribution in [0.25, 0.3) is 10.9 Å². The topological polar surface area (TPSA) is 71.8 Å². The SMILES string of the molecule is Cc1c[nH]c2ccnc(C(N)=O)c12. The Bertz CT molecular complexity index is 473. The third-order valence-corrected chi connectivity index (χ3v) is 2.02. The summed E-state index contributed by atoms with van der Waals surface area (Å²) in [5, 5.41) is 0.815. The van der Waals surface area contributed by atoms with Gasteiger partial charge in [-0.15, -0.1) is 0 Å². The molecule has 4 heteroatoms. The van der Waals surface area contributed by atoms with E-state index in [4.69, 9.17) is 5.73 Å². The molecule has 0 saturated heterocycles. The van der Waals surface area contributed by atoms with Crippen LogP contribution in [0.4, 0.5) is 0 Å². The predicted molar refractivity (Wildman–Crippen MR) is 49.3 cm³/mol. The second-order valence-electron chi connectivity index (χ2n) is 2.92. The average Bonchev–Trinajstić information content (AvgIpc) is 2.48. The largest absolute Gasteiger partial charge is 0.364 e. The number of hydrogen-bond acceptors (Lipinski definition) is 2. The van der Waals surface area contributed by atoms with E-state index in [1.807, 2.05) is 19.2 Å². The fourth-order valence-corrected chi connectivity index (χ4v) is 1.43. The average molecular weight is 175 g/mol. The molecule has 3 N–H and O–H groups in total. The van der Waals surface area contributed by atoms with E-state index < -0.39 is 5.91 Å². The minimum atomic E-state index is -0.492. The number of nitrogens with two attached hydrogens (primary N) is 1. The molecule has 0 saturated carbocycles. The van der Waals surface area contributed by atoms with E-state index in [-0.39, 0.29) is 0 Å². The molecule has 0 aliphatic rings. The lowest BCUT2D eigenvalue weighted by atomic mass is 10.1. The van der Waals surface area contributed by atoms with E-state index in [1.165, 1.54) is 0 Å². The molecule has 1 amide bonds. The monoisotopic (exact) mass is 175 g/mol. The first-order chi connectivity index (χ1) is 6.20. The normalized spacial score (nSPS) is 10.5. The first-order valence-corrected chi connectivity index (χ1v) is 3.92. The molecule has 0 radical (unpaired) electrons. The number of nitrogens with zero attached hydrogens (tertiary/aromatic N) is 1. The van der Waals surface area contributed by atoms with Gasteiger partial charge in [0, 0.05) is 23.3 Å². The van der Waals surface area contributed by atoms with Crippen LogP contribution in [0.1, 0.15) is 16.1 Å². The van der Waals surface area contributed by atoms with Crippen LogP contribution in [0.5, 0.6) is 0 Å². The van der Waals surface area contributed by atoms with Crippen molar-refractivity contribution in [2.45, 2.75) is 6.92 Å². The molecule has 2 aromatic rings. The fraction of sp³-hybridized carbons (Fsp3) is 0.111. The van der Waals surface area contributed by atoms with Gasteiger partial charge in [0.05, 0.1) is 0 Å². The van der Waals surface area contributed by atoms with Gasteiger partial charge in [-0.1, -0.05) is 0 Å². The molecule has 4 nitrogen and oxygen atoms in total. The highest BCUT2D eigenvalue weighted by atomic mass is 16.1. The number of carbonyl (C=O) groups is 1. The number of hydrogen-bond donors (Lipinski definition) is 2. The second kappa shape index (κ2) is 2.58. The highest BCUT2D eigenvalue weighted by molar-refractivity contribution is 6.04. The van der Waals surface area contributed by atoms with Crippen LogP contribution in [0.3, 0.4) is 0 Å². The second-order valence-corrected chi connectivity index (χ2v) is 2.92. The summed E-state index contributed by atoms with van der Waals surface area (Å²) in [6.07, 6.45) is 3.40. The van der Waals surface area contributed by atoms with Crippen molar-refractivity contribution < 1.29 is 4.79 Å². The summed E-state index contributed by atoms with van der Waals surface area (Å²) in [6, 6.07) is 1.81. The van der Waals surface area contributed by atoms with Crippen LogP contribution in [-0.2, 0) is 0 Å². The van der Waals surface area contributed by atoms with Gasteiger partial charge in [-0.05, 0) is 18.6 Å². The standard InChI is InChI=1S/C9H9N3O/c1-5-4-12-6-2-3-11-8(7(5)6)9(10)13/h2-4,12H,1H3,(H2,10,13). The van der Waals surface area contributed by atoms with Crippen molar-refractivity contribution >= 4 is 16.8 Å². The van der Waals surface area contributed by atoms with E-state index in [0.717, 1.165) is 16.5 Å². The van der Waals surface area contributed by atoms with Crippen molar-refractivity contribution in [3.05, 3.63) is 29.7 Å². The Hall–Kier alpha value is -1.84. The highest BCUT2D eigenvalue weighted by Gasteiger charge is 2.10. The zero-order chi connectivity index (χ0) is 9.42. The Labute approximate surface area is 74.8 Å². The Morgan fingerprint density at radius 2 is 2.38 bits per heavy atom. The number of pyridine rings is 1. The lowest BCUT2D eigenvalue weighted by Gasteiger charge is -1.97. The maximum atomic E-state index is 11.0. The number of primary amides is 1. The number of fused-ring (bicyclic) bond motifs is 1. The molecule has 0 unspecified atom stereocenters. The smallest absolute Gasteiger partial charge is 0.268 e. The first-order valence-electron chi connectivity index (χ1n) is 3.92. The van der Waals surface area contributed by atoms with Gasteiger partial charge >= 0.3 is 0 Å². The van der Waals surface area contributed by atoms with Crippen molar-refractivity contribution in [1.82, 2.24) is 9.97 Å². The molecule has 0 spiro atoms. The molecule has 13 heavy (non-hydrogen) atoms. The van der Waals surface area contributed by atoms with Crippen LogP contribution < -0.4 is 5.73 Å². The number of carbonyl (C=O) groups excluding carboxylic acids is 1. The minimum Gasteiger partial charge on any atom is -0.364 e. The molecule has 0 aromatic carbocycles. The van der Waals surface area contributed by atoms with Crippen LogP contribution in [0.15, 0.2) is 18.5 Å². The molecule has 0 aliphatic heterocycles. The molecule has 0 atom stereocenters. The number of nitrogens with one attached hydrogen (secondary N) is 1. The molecule has 2 heterocycles. The summed E-state index contributed by atoms with van der Waals surface area (Å²) in [6.45, 7) is 1.91. The van der Waals surface area contributed by atoms with Gasteiger partial charge in [-0.25, -0.2) is 0 Å². The first kappa shape index (κ1) is 7.79. The molecule has 0 fully saturated rings. The van der Waals surface area contributed by atoms with Gasteiger partial charge in [0.1, 0.15) is 5.69 Å². The Kier molecular flexibility index (Phi) is 1.55. The van der Waals surface area contributed by atoms with E-state index in [9.17, 15) is 4.79 Å². The van der Waals surface area contributed by atoms with Crippen molar-refractivity contribution in [3.63, 3.8) is 0 Å². The number of amides is 1. The number of H-pyrrole nitrogens is 1. The van der Waals surface area contributed by atoms with Crippen LogP contribution in [0, 0.1) is 6.92 Å². The number of rotatable bonds is 1. The molecular weight excluding hydrogens is 166 g/mol. The van der Waals surface area contributed by atoms with Gasteiger partial charge < -0.3 is 10.7 Å². The maximum absolute atomic E-state index is 11.0. The number of aromatic nitrogens is 2. The third-order valence-electron chi connectivity index (χ3n) is 2.02. The highest BCUT2D eigenvalue weighted by Crippen LogP contribution is 2.19. The summed E-state index contributed by atoms with van der Waals surface area (Å²) in [5.41, 5.74) is 7.40. The summed E-state index contributed by atoms with van der Waals surface area (Å²) < 4.78 is 0. The van der Waals surface area contributed by atoms with Gasteiger partial charge in [0.2, 0.25) is 0 Å². The van der Waals surface area contributed by atoms with Crippen molar-refractivity contribution in [2.24, 2.45) is 5.73 Å². The van der Waals surface area contributed by atoms with E-state index in [1.54, 1.807) is 6.20 Å². The minimum absolute atomic E-state index is 0.330. The van der Waals surface area contributed by atoms with Crippen LogP contribution in [-0.4, -0.2) is 15.9 Å². The van der Waals surface area contributed by atoms with E-state index >= 15 is 0 Å². The Balaban J connectivity index is 2.88. The summed E-state index contributed by atoms with van der Waals surface area (Å²) in [5.74, 6) is -0.492. The molecule has 0 aliphatic carbocycles. The van der Waals surface area contributed by atoms with E-state index in [2.05, 4.69) is 9.97 Å². The fourth-order valence-electron chi connectivity index (χ4n) is 1.43. The summed E-state index contributed by atoms with van der Waals surface area (Å²) in [7, 11) is 0. The quantitative estimate of drug-likeness (QED) is 0.677. The predicted octanol–water partition coefficient (Wildman–Crippen LogP) is 0.970. The lowest BCUT2D eigenvalue weighted by molar-refractivity contribution is 0.0997. The third kappa shape index (κ3) is 1.07. The van der Waals surface area contributed by atoms with Crippen molar-refractivity contribution in [1.29, 1.82) is 0 Å². The van der Waals surface area contributed by atoms with Crippen molar-refractivity contribution in [3.8, 4) is 0 Å². The van der Waals surface area contributed by atoms with Gasteiger partial charge in [0.15, 0.2) is 0 Å². The molecule has 2 aromatic heterocycles. The molecule has 66 valence electrons. The molecule has 2 rings (SSSR count). The van der Waals surface area contributed by atoms with Crippen LogP contribution >= 0.6 is 0 Å². The zero-order valence-corrected chi connectivity index (χ0v) is 7.16. The van der Waals surface area contributed by atoms with Gasteiger partial charge in [0.25, 0.3) is 5.91 Å². The number of aromatic amines is 1. The maximum Gasteiger partial charge on any atom is 0.268 e.